The molecule has 17 heavy (non-hydrogen) atoms. The molecule has 0 amide bonds. The van der Waals surface area contributed by atoms with Gasteiger partial charge in [-0.25, -0.2) is 0 Å². The number of nitrogens with one attached hydrogen (secondary N) is 1. The third kappa shape index (κ3) is 4.09. The zero-order valence-electron chi connectivity index (χ0n) is 10.7. The van der Waals surface area contributed by atoms with Crippen LogP contribution in [0.4, 0.5) is 0 Å². The smallest absolute Gasteiger partial charge is 0.0241 e. The second kappa shape index (κ2) is 5.98. The van der Waals surface area contributed by atoms with Gasteiger partial charge in [0.1, 0.15) is 0 Å². The van der Waals surface area contributed by atoms with Gasteiger partial charge in [0.05, 0.1) is 0 Å². The van der Waals surface area contributed by atoms with Gasteiger partial charge in [-0.1, -0.05) is 35.0 Å². The van der Waals surface area contributed by atoms with Gasteiger partial charge < -0.3 is 10.2 Å². The molecule has 2 rings (SSSR count). The molecule has 0 aliphatic heterocycles. The summed E-state index contributed by atoms with van der Waals surface area (Å²) in [5.41, 5.74) is 2.73. The van der Waals surface area contributed by atoms with E-state index in [1.54, 1.807) is 0 Å². The first-order chi connectivity index (χ1) is 8.19. The number of hydrogen-bond acceptors (Lipinski definition) is 2. The highest BCUT2D eigenvalue weighted by atomic mass is 79.9. The van der Waals surface area contributed by atoms with E-state index in [0.717, 1.165) is 25.7 Å². The Labute approximate surface area is 113 Å². The first-order valence-electron chi connectivity index (χ1n) is 6.38. The fourth-order valence-corrected chi connectivity index (χ4v) is 2.33. The van der Waals surface area contributed by atoms with Gasteiger partial charge in [0.2, 0.25) is 0 Å². The molecule has 0 saturated heterocycles. The van der Waals surface area contributed by atoms with Crippen molar-refractivity contribution in [2.75, 3.05) is 13.6 Å². The minimum atomic E-state index is 0.777. The van der Waals surface area contributed by atoms with Crippen LogP contribution in [0.5, 0.6) is 0 Å². The van der Waals surface area contributed by atoms with Crippen LogP contribution in [0.1, 0.15) is 30.9 Å². The normalized spacial score (nSPS) is 15.5. The zero-order chi connectivity index (χ0) is 12.3. The van der Waals surface area contributed by atoms with Gasteiger partial charge in [-0.05, 0) is 43.6 Å². The molecule has 2 nitrogen and oxygen atoms in total. The lowest BCUT2D eigenvalue weighted by molar-refractivity contribution is 0.345. The second-order valence-electron chi connectivity index (χ2n) is 4.91. The number of halogens is 1. The molecule has 94 valence electrons. The number of hydrogen-bond donors (Lipinski definition) is 1. The lowest BCUT2D eigenvalue weighted by atomic mass is 10.1. The molecule has 1 aromatic carbocycles. The Hall–Kier alpha value is -0.380. The zero-order valence-corrected chi connectivity index (χ0v) is 12.3. The van der Waals surface area contributed by atoms with Gasteiger partial charge >= 0.3 is 0 Å². The fourth-order valence-electron chi connectivity index (χ4n) is 1.78. The molecule has 0 heterocycles. The number of nitrogens with zero attached hydrogens (tertiary/aromatic N) is 1. The van der Waals surface area contributed by atoms with Crippen molar-refractivity contribution >= 4 is 15.9 Å². The Morgan fingerprint density at radius 2 is 2.18 bits per heavy atom. The topological polar surface area (TPSA) is 15.3 Å². The molecule has 0 bridgehead atoms. The van der Waals surface area contributed by atoms with Crippen molar-refractivity contribution in [3.8, 4) is 0 Å². The molecule has 0 spiro atoms. The van der Waals surface area contributed by atoms with Crippen molar-refractivity contribution in [2.24, 2.45) is 0 Å². The van der Waals surface area contributed by atoms with Crippen LogP contribution in [0.2, 0.25) is 0 Å². The lowest BCUT2D eigenvalue weighted by Crippen LogP contribution is -2.17. The van der Waals surface area contributed by atoms with Crippen LogP contribution in [0.15, 0.2) is 22.7 Å². The van der Waals surface area contributed by atoms with Crippen molar-refractivity contribution in [1.82, 2.24) is 10.2 Å². The molecule has 0 aromatic heterocycles. The Kier molecular flexibility index (Phi) is 4.60. The summed E-state index contributed by atoms with van der Waals surface area (Å²) in [6, 6.07) is 7.49. The molecular weight excluding hydrogens is 276 g/mol. The van der Waals surface area contributed by atoms with E-state index in [0.29, 0.717) is 0 Å². The summed E-state index contributed by atoms with van der Waals surface area (Å²) in [5.74, 6) is 0. The minimum Gasteiger partial charge on any atom is -0.310 e. The molecule has 1 aliphatic carbocycles. The molecule has 1 aliphatic rings. The molecule has 0 atom stereocenters. The summed E-state index contributed by atoms with van der Waals surface area (Å²) in [6.45, 7) is 5.26. The van der Waals surface area contributed by atoms with E-state index in [9.17, 15) is 0 Å². The fraction of sp³-hybridized carbons (Fsp3) is 0.571. The van der Waals surface area contributed by atoms with Crippen LogP contribution in [0.3, 0.4) is 0 Å². The van der Waals surface area contributed by atoms with Crippen LogP contribution < -0.4 is 5.32 Å². The number of benzene rings is 1. The van der Waals surface area contributed by atoms with Crippen molar-refractivity contribution in [1.29, 1.82) is 0 Å². The summed E-state index contributed by atoms with van der Waals surface area (Å²) in [7, 11) is 2.15. The first kappa shape index (κ1) is 13.1. The maximum absolute atomic E-state index is 3.67. The minimum absolute atomic E-state index is 0.777. The van der Waals surface area contributed by atoms with E-state index < -0.39 is 0 Å². The van der Waals surface area contributed by atoms with Crippen molar-refractivity contribution in [2.45, 2.75) is 38.9 Å². The summed E-state index contributed by atoms with van der Waals surface area (Å²) in [4.78, 5) is 2.31. The van der Waals surface area contributed by atoms with Gasteiger partial charge in [-0.2, -0.15) is 0 Å². The highest BCUT2D eigenvalue weighted by Gasteiger charge is 2.19. The predicted molar refractivity (Wildman–Crippen MR) is 76.0 cm³/mol. The average Bonchev–Trinajstić information content (AvgIpc) is 3.13. The molecule has 1 aromatic rings. The van der Waals surface area contributed by atoms with Crippen molar-refractivity contribution in [3.63, 3.8) is 0 Å². The highest BCUT2D eigenvalue weighted by molar-refractivity contribution is 9.10. The first-order valence-corrected chi connectivity index (χ1v) is 7.17. The Balaban J connectivity index is 1.94. The van der Waals surface area contributed by atoms with Gasteiger partial charge in [0.25, 0.3) is 0 Å². The van der Waals surface area contributed by atoms with Crippen molar-refractivity contribution < 1.29 is 0 Å². The Morgan fingerprint density at radius 1 is 1.41 bits per heavy atom. The summed E-state index contributed by atoms with van der Waals surface area (Å²) in [6.07, 6.45) is 2.70. The van der Waals surface area contributed by atoms with Gasteiger partial charge in [-0.15, -0.1) is 0 Å². The summed E-state index contributed by atoms with van der Waals surface area (Å²) >= 11 is 3.67. The highest BCUT2D eigenvalue weighted by Crippen LogP contribution is 2.22. The van der Waals surface area contributed by atoms with Crippen molar-refractivity contribution in [3.05, 3.63) is 33.8 Å². The monoisotopic (exact) mass is 296 g/mol. The van der Waals surface area contributed by atoms with Crippen LogP contribution >= 0.6 is 15.9 Å². The SMILES string of the molecule is CCN(C)Cc1ccc(CNC2CC2)cc1Br. The van der Waals surface area contributed by atoms with E-state index >= 15 is 0 Å². The van der Waals surface area contributed by atoms with Crippen LogP contribution in [0, 0.1) is 0 Å². The summed E-state index contributed by atoms with van der Waals surface area (Å²) < 4.78 is 1.23. The molecule has 0 unspecified atom stereocenters. The molecule has 3 heteroatoms. The predicted octanol–water partition coefficient (Wildman–Crippen LogP) is 3.15. The quantitative estimate of drug-likeness (QED) is 0.867. The van der Waals surface area contributed by atoms with E-state index in [4.69, 9.17) is 0 Å². The maximum atomic E-state index is 3.67. The largest absolute Gasteiger partial charge is 0.310 e. The average molecular weight is 297 g/mol. The second-order valence-corrected chi connectivity index (χ2v) is 5.77. The third-order valence-corrected chi connectivity index (χ3v) is 4.01. The van der Waals surface area contributed by atoms with Gasteiger partial charge in [0, 0.05) is 23.6 Å². The number of rotatable bonds is 6. The molecule has 1 fully saturated rings. The van der Waals surface area contributed by atoms with E-state index in [2.05, 4.69) is 58.3 Å². The molecule has 1 N–H and O–H groups in total. The third-order valence-electron chi connectivity index (χ3n) is 3.27. The van der Waals surface area contributed by atoms with Crippen LogP contribution in [0.25, 0.3) is 0 Å². The molecule has 1 saturated carbocycles. The van der Waals surface area contributed by atoms with Crippen LogP contribution in [-0.4, -0.2) is 24.5 Å². The standard InChI is InChI=1S/C14H21BrN2/c1-3-17(2)10-12-5-4-11(8-14(12)15)9-16-13-6-7-13/h4-5,8,13,16H,3,6-7,9-10H2,1-2H3. The Morgan fingerprint density at radius 3 is 2.76 bits per heavy atom. The summed E-state index contributed by atoms with van der Waals surface area (Å²) in [5, 5.41) is 3.54. The van der Waals surface area contributed by atoms with E-state index in [1.165, 1.54) is 28.4 Å². The maximum Gasteiger partial charge on any atom is 0.0241 e. The Bertz CT molecular complexity index is 374. The van der Waals surface area contributed by atoms with Crippen LogP contribution in [-0.2, 0) is 13.1 Å². The van der Waals surface area contributed by atoms with E-state index in [-0.39, 0.29) is 0 Å². The van der Waals surface area contributed by atoms with Gasteiger partial charge in [0.15, 0.2) is 0 Å². The van der Waals surface area contributed by atoms with Gasteiger partial charge in [-0.3, -0.25) is 0 Å². The molecule has 0 radical (unpaired) electrons. The van der Waals surface area contributed by atoms with E-state index in [1.807, 2.05) is 0 Å². The lowest BCUT2D eigenvalue weighted by Gasteiger charge is -2.15. The molecular formula is C14H21BrN2.